The second-order valence-corrected chi connectivity index (χ2v) is 12.3. The molecule has 3 aromatic carbocycles. The smallest absolute Gasteiger partial charge is 0.338 e. The Hall–Kier alpha value is -5.76. The van der Waals surface area contributed by atoms with E-state index < -0.39 is 38.6 Å². The molecule has 0 spiro atoms. The molecule has 5 aromatic rings. The number of pyridine rings is 1. The fourth-order valence-corrected chi connectivity index (χ4v) is 5.70. The zero-order valence-electron chi connectivity index (χ0n) is 24.2. The Labute approximate surface area is 257 Å². The molecule has 4 N–H and O–H groups in total. The number of methoxy groups -OCH3 is 1. The minimum absolute atomic E-state index is 0.0359. The highest BCUT2D eigenvalue weighted by Gasteiger charge is 2.31. The van der Waals surface area contributed by atoms with Crippen molar-refractivity contribution in [3.8, 4) is 17.2 Å². The third-order valence-corrected chi connectivity index (χ3v) is 9.09. The van der Waals surface area contributed by atoms with Crippen LogP contribution in [-0.2, 0) is 14.6 Å². The first kappa shape index (κ1) is 30.7. The van der Waals surface area contributed by atoms with Gasteiger partial charge in [-0.15, -0.1) is 0 Å². The number of aromatic nitrogens is 3. The molecule has 2 heterocycles. The van der Waals surface area contributed by atoms with Crippen molar-refractivity contribution in [1.29, 1.82) is 0 Å². The first-order chi connectivity index (χ1) is 21.4. The zero-order chi connectivity index (χ0) is 32.5. The molecule has 0 aliphatic heterocycles. The average molecular weight is 630 g/mol. The van der Waals surface area contributed by atoms with Gasteiger partial charge in [0.25, 0.3) is 5.91 Å². The number of carboxylic acid groups (broad SMARTS) is 1. The normalized spacial score (nSPS) is 12.0. The molecule has 2 amide bonds. The van der Waals surface area contributed by atoms with Crippen LogP contribution in [0.25, 0.3) is 16.6 Å². The van der Waals surface area contributed by atoms with Gasteiger partial charge in [-0.1, -0.05) is 12.1 Å². The topological polar surface area (TPSA) is 190 Å². The molecule has 1 unspecified atom stereocenters. The number of anilines is 2. The predicted octanol–water partition coefficient (Wildman–Crippen LogP) is 4.19. The number of ether oxygens (including phenoxy) is 1. The lowest BCUT2D eigenvalue weighted by Crippen LogP contribution is -2.33. The number of carbonyl (C=O) groups excluding carboxylic acids is 2. The molecule has 0 bridgehead atoms. The van der Waals surface area contributed by atoms with E-state index >= 15 is 0 Å². The fraction of sp³-hybridized carbons (Fsp3) is 0.129. The summed E-state index contributed by atoms with van der Waals surface area (Å²) in [4.78, 5) is 42.3. The largest absolute Gasteiger partial charge is 0.506 e. The molecular formula is C31H27N5O8S. The van der Waals surface area contributed by atoms with Crippen LogP contribution in [0, 0.1) is 6.92 Å². The van der Waals surface area contributed by atoms with Crippen molar-refractivity contribution >= 4 is 49.9 Å². The number of nitrogens with one attached hydrogen (secondary N) is 2. The molecule has 0 radical (unpaired) electrons. The maximum Gasteiger partial charge on any atom is 0.338 e. The molecule has 2 aromatic heterocycles. The van der Waals surface area contributed by atoms with Gasteiger partial charge in [0, 0.05) is 28.9 Å². The number of phenolic OH excluding ortho intramolecular Hbond substituents is 1. The molecule has 5 rings (SSSR count). The minimum atomic E-state index is -4.14. The fourth-order valence-electron chi connectivity index (χ4n) is 4.43. The van der Waals surface area contributed by atoms with E-state index in [1.54, 1.807) is 18.2 Å². The molecule has 0 aliphatic rings. The van der Waals surface area contributed by atoms with Crippen LogP contribution in [0.2, 0.25) is 0 Å². The third kappa shape index (κ3) is 6.31. The number of hydrogen-bond donors (Lipinski definition) is 4. The van der Waals surface area contributed by atoms with Crippen LogP contribution in [0.3, 0.4) is 0 Å². The summed E-state index contributed by atoms with van der Waals surface area (Å²) < 4.78 is 32.5. The molecule has 14 heteroatoms. The SMILES string of the molecule is COc1ccc(S(=O)(=O)C(C)C(=O)Nc2cc(O)c(NC(=O)c3ccc4ccc(C)nc4c3)cc2-n2cc(C(=O)O)cn2)cc1. The van der Waals surface area contributed by atoms with Crippen molar-refractivity contribution < 1.29 is 37.8 Å². The third-order valence-electron chi connectivity index (χ3n) is 7.01. The number of sulfone groups is 1. The second kappa shape index (κ2) is 12.1. The highest BCUT2D eigenvalue weighted by atomic mass is 32.2. The molecule has 1 atom stereocenters. The summed E-state index contributed by atoms with van der Waals surface area (Å²) in [5.41, 5.74) is 1.29. The summed E-state index contributed by atoms with van der Waals surface area (Å²) in [6.45, 7) is 3.03. The van der Waals surface area contributed by atoms with Crippen LogP contribution in [0.5, 0.6) is 11.5 Å². The van der Waals surface area contributed by atoms with E-state index in [0.29, 0.717) is 11.3 Å². The number of phenols is 1. The minimum Gasteiger partial charge on any atom is -0.506 e. The van der Waals surface area contributed by atoms with E-state index in [-0.39, 0.29) is 33.1 Å². The van der Waals surface area contributed by atoms with Crippen LogP contribution < -0.4 is 15.4 Å². The van der Waals surface area contributed by atoms with Crippen molar-refractivity contribution in [2.75, 3.05) is 17.7 Å². The van der Waals surface area contributed by atoms with E-state index in [2.05, 4.69) is 20.7 Å². The lowest BCUT2D eigenvalue weighted by Gasteiger charge is -2.18. The van der Waals surface area contributed by atoms with E-state index in [4.69, 9.17) is 4.74 Å². The highest BCUT2D eigenvalue weighted by molar-refractivity contribution is 7.92. The predicted molar refractivity (Wildman–Crippen MR) is 165 cm³/mol. The summed E-state index contributed by atoms with van der Waals surface area (Å²) >= 11 is 0. The summed E-state index contributed by atoms with van der Waals surface area (Å²) in [7, 11) is -2.71. The molecular weight excluding hydrogens is 602 g/mol. The van der Waals surface area contributed by atoms with Gasteiger partial charge in [-0.25, -0.2) is 17.9 Å². The van der Waals surface area contributed by atoms with E-state index in [9.17, 15) is 33.0 Å². The van der Waals surface area contributed by atoms with Crippen molar-refractivity contribution in [3.63, 3.8) is 0 Å². The lowest BCUT2D eigenvalue weighted by molar-refractivity contribution is -0.115. The first-order valence-corrected chi connectivity index (χ1v) is 14.9. The Morgan fingerprint density at radius 2 is 1.64 bits per heavy atom. The van der Waals surface area contributed by atoms with E-state index in [0.717, 1.165) is 34.2 Å². The number of amides is 2. The Bertz CT molecular complexity index is 2070. The molecule has 45 heavy (non-hydrogen) atoms. The van der Waals surface area contributed by atoms with Gasteiger partial charge in [0.15, 0.2) is 9.84 Å². The van der Waals surface area contributed by atoms with E-state index in [1.807, 2.05) is 19.1 Å². The monoisotopic (exact) mass is 629 g/mol. The number of carboxylic acids is 1. The second-order valence-electron chi connectivity index (χ2n) is 10.0. The van der Waals surface area contributed by atoms with Gasteiger partial charge in [-0.3, -0.25) is 14.6 Å². The summed E-state index contributed by atoms with van der Waals surface area (Å²) in [6, 6.07) is 16.6. The number of benzene rings is 3. The lowest BCUT2D eigenvalue weighted by atomic mass is 10.1. The highest BCUT2D eigenvalue weighted by Crippen LogP contribution is 2.34. The standard InChI is InChI=1S/C31H27N5O8S/c1-17-4-5-19-6-7-20(12-24(19)33-17)30(39)35-26-13-27(36-16-21(15-32-36)31(40)41)25(14-28(26)37)34-29(38)18(2)45(42,43)23-10-8-22(44-3)9-11-23/h4-16,18,37H,1-3H3,(H,34,38)(H,35,39)(H,40,41). The quantitative estimate of drug-likeness (QED) is 0.172. The summed E-state index contributed by atoms with van der Waals surface area (Å²) in [5, 5.41) is 28.7. The van der Waals surface area contributed by atoms with Gasteiger partial charge in [0.05, 0.1) is 46.3 Å². The van der Waals surface area contributed by atoms with Gasteiger partial charge in [-0.05, 0) is 62.4 Å². The van der Waals surface area contributed by atoms with Crippen molar-refractivity contribution in [3.05, 3.63) is 95.9 Å². The van der Waals surface area contributed by atoms with Gasteiger partial charge < -0.3 is 25.6 Å². The summed E-state index contributed by atoms with van der Waals surface area (Å²) in [5.74, 6) is -2.81. The van der Waals surface area contributed by atoms with Crippen molar-refractivity contribution in [2.45, 2.75) is 24.0 Å². The van der Waals surface area contributed by atoms with Crippen molar-refractivity contribution in [1.82, 2.24) is 14.8 Å². The number of aromatic carboxylic acids is 1. The zero-order valence-corrected chi connectivity index (χ0v) is 25.0. The van der Waals surface area contributed by atoms with Crippen LogP contribution in [0.4, 0.5) is 11.4 Å². The molecule has 0 fully saturated rings. The average Bonchev–Trinajstić information content (AvgIpc) is 3.52. The molecule has 0 saturated carbocycles. The van der Waals surface area contributed by atoms with Crippen LogP contribution >= 0.6 is 0 Å². The number of aryl methyl sites for hydroxylation is 1. The molecule has 0 saturated heterocycles. The Morgan fingerprint density at radius 3 is 2.31 bits per heavy atom. The maximum atomic E-state index is 13.2. The number of rotatable bonds is 9. The van der Waals surface area contributed by atoms with Gasteiger partial charge in [0.1, 0.15) is 16.7 Å². The molecule has 13 nitrogen and oxygen atoms in total. The number of aromatic hydroxyl groups is 1. The number of fused-ring (bicyclic) bond motifs is 1. The summed E-state index contributed by atoms with van der Waals surface area (Å²) in [6.07, 6.45) is 2.23. The van der Waals surface area contributed by atoms with Crippen molar-refractivity contribution in [2.24, 2.45) is 0 Å². The molecule has 230 valence electrons. The first-order valence-electron chi connectivity index (χ1n) is 13.4. The van der Waals surface area contributed by atoms with E-state index in [1.165, 1.54) is 44.4 Å². The number of carbonyl (C=O) groups is 3. The van der Waals surface area contributed by atoms with Crippen LogP contribution in [-0.4, -0.2) is 63.5 Å². The number of nitrogens with zero attached hydrogens (tertiary/aromatic N) is 3. The maximum absolute atomic E-state index is 13.2. The van der Waals surface area contributed by atoms with Gasteiger partial charge in [-0.2, -0.15) is 5.10 Å². The Kier molecular flexibility index (Phi) is 8.24. The van der Waals surface area contributed by atoms with Gasteiger partial charge in [0.2, 0.25) is 5.91 Å². The number of hydrogen-bond acceptors (Lipinski definition) is 9. The molecule has 0 aliphatic carbocycles. The van der Waals surface area contributed by atoms with Crippen LogP contribution in [0.15, 0.2) is 84.0 Å². The van der Waals surface area contributed by atoms with Crippen LogP contribution in [0.1, 0.15) is 33.3 Å². The Balaban J connectivity index is 1.48. The van der Waals surface area contributed by atoms with Gasteiger partial charge >= 0.3 is 5.97 Å². The Morgan fingerprint density at radius 1 is 0.933 bits per heavy atom.